The van der Waals surface area contributed by atoms with Gasteiger partial charge in [0.1, 0.15) is 29.9 Å². The summed E-state index contributed by atoms with van der Waals surface area (Å²) in [5.41, 5.74) is -0.0739. The standard InChI is InChI=1S/C22H18F2N6O/c1-15(30-11-17(10-27-30)19-5-3-2-4-16(19)9-25)22(31,12-29-14-26-13-28-29)20-7-6-18(23)8-21(20)24/h2-8,10-11,13-15,31H,12H2,1H3/t15-,22-/m1/s1. The van der Waals surface area contributed by atoms with Gasteiger partial charge >= 0.3 is 0 Å². The molecule has 0 fully saturated rings. The van der Waals surface area contributed by atoms with Gasteiger partial charge in [0.05, 0.1) is 30.4 Å². The average Bonchev–Trinajstić information content (AvgIpc) is 3.45. The first kappa shape index (κ1) is 20.4. The van der Waals surface area contributed by atoms with E-state index in [1.54, 1.807) is 37.5 Å². The van der Waals surface area contributed by atoms with Crippen molar-refractivity contribution in [2.24, 2.45) is 0 Å². The van der Waals surface area contributed by atoms with Crippen molar-refractivity contribution in [3.8, 4) is 17.2 Å². The molecule has 2 aromatic carbocycles. The van der Waals surface area contributed by atoms with Crippen LogP contribution in [0.5, 0.6) is 0 Å². The molecule has 0 amide bonds. The van der Waals surface area contributed by atoms with Gasteiger partial charge in [0, 0.05) is 29.0 Å². The van der Waals surface area contributed by atoms with E-state index in [4.69, 9.17) is 0 Å². The molecule has 2 heterocycles. The summed E-state index contributed by atoms with van der Waals surface area (Å²) in [6.07, 6.45) is 5.95. The van der Waals surface area contributed by atoms with Crippen molar-refractivity contribution in [3.63, 3.8) is 0 Å². The smallest absolute Gasteiger partial charge is 0.137 e. The zero-order valence-corrected chi connectivity index (χ0v) is 16.5. The SMILES string of the molecule is C[C@@H](n1cc(-c2ccccc2C#N)cn1)[C@](O)(Cn1cncn1)c1ccc(F)cc1F. The molecule has 0 bridgehead atoms. The monoisotopic (exact) mass is 420 g/mol. The minimum Gasteiger partial charge on any atom is -0.381 e. The molecular formula is C22H18F2N6O. The molecule has 0 spiro atoms. The topological polar surface area (TPSA) is 92.6 Å². The highest BCUT2D eigenvalue weighted by Crippen LogP contribution is 2.37. The fraction of sp³-hybridized carbons (Fsp3) is 0.182. The minimum atomic E-state index is -1.83. The molecule has 4 aromatic rings. The number of hydrogen-bond acceptors (Lipinski definition) is 5. The fourth-order valence-electron chi connectivity index (χ4n) is 3.58. The van der Waals surface area contributed by atoms with Crippen LogP contribution in [-0.4, -0.2) is 29.7 Å². The summed E-state index contributed by atoms with van der Waals surface area (Å²) in [5, 5.41) is 29.4. The first-order chi connectivity index (χ1) is 14.9. The lowest BCUT2D eigenvalue weighted by Gasteiger charge is -2.34. The third kappa shape index (κ3) is 3.81. The van der Waals surface area contributed by atoms with E-state index in [0.717, 1.165) is 12.1 Å². The Bertz CT molecular complexity index is 1250. The zero-order valence-electron chi connectivity index (χ0n) is 16.5. The molecule has 0 radical (unpaired) electrons. The summed E-state index contributed by atoms with van der Waals surface area (Å²) in [4.78, 5) is 3.87. The molecule has 4 rings (SSSR count). The molecule has 7 nitrogen and oxygen atoms in total. The molecule has 0 saturated heterocycles. The molecule has 0 unspecified atom stereocenters. The second-order valence-electron chi connectivity index (χ2n) is 7.18. The minimum absolute atomic E-state index is 0.0913. The summed E-state index contributed by atoms with van der Waals surface area (Å²) in [7, 11) is 0. The van der Waals surface area contributed by atoms with Gasteiger partial charge in [-0.15, -0.1) is 0 Å². The molecule has 0 saturated carbocycles. The molecule has 0 aliphatic carbocycles. The Morgan fingerprint density at radius 2 is 2.00 bits per heavy atom. The van der Waals surface area contributed by atoms with Crippen LogP contribution in [-0.2, 0) is 12.1 Å². The maximum Gasteiger partial charge on any atom is 0.137 e. The van der Waals surface area contributed by atoms with E-state index in [2.05, 4.69) is 21.3 Å². The Morgan fingerprint density at radius 3 is 2.71 bits per heavy atom. The molecule has 2 atom stereocenters. The molecule has 0 aliphatic heterocycles. The van der Waals surface area contributed by atoms with Crippen LogP contribution in [0.3, 0.4) is 0 Å². The summed E-state index contributed by atoms with van der Waals surface area (Å²) in [6.45, 7) is 1.54. The number of nitrogens with zero attached hydrogens (tertiary/aromatic N) is 6. The van der Waals surface area contributed by atoms with Crippen molar-refractivity contribution in [1.82, 2.24) is 24.5 Å². The Kier molecular flexibility index (Phi) is 5.31. The summed E-state index contributed by atoms with van der Waals surface area (Å²) in [6, 6.07) is 11.5. The number of rotatable bonds is 6. The highest BCUT2D eigenvalue weighted by atomic mass is 19.1. The van der Waals surface area contributed by atoms with Crippen LogP contribution in [0.4, 0.5) is 8.78 Å². The van der Waals surface area contributed by atoms with E-state index in [1.165, 1.54) is 28.1 Å². The predicted molar refractivity (Wildman–Crippen MR) is 107 cm³/mol. The van der Waals surface area contributed by atoms with Gasteiger partial charge in [-0.05, 0) is 19.1 Å². The van der Waals surface area contributed by atoms with Crippen molar-refractivity contribution in [1.29, 1.82) is 5.26 Å². The van der Waals surface area contributed by atoms with Crippen LogP contribution in [0.15, 0.2) is 67.5 Å². The number of halogens is 2. The van der Waals surface area contributed by atoms with Gasteiger partial charge < -0.3 is 5.11 Å². The van der Waals surface area contributed by atoms with Gasteiger partial charge in [-0.1, -0.05) is 24.3 Å². The van der Waals surface area contributed by atoms with Gasteiger partial charge in [0.15, 0.2) is 0 Å². The average molecular weight is 420 g/mol. The van der Waals surface area contributed by atoms with Gasteiger partial charge in [0.25, 0.3) is 0 Å². The van der Waals surface area contributed by atoms with Crippen LogP contribution in [0.25, 0.3) is 11.1 Å². The Hall–Kier alpha value is -3.90. The molecule has 156 valence electrons. The number of benzene rings is 2. The van der Waals surface area contributed by atoms with Crippen LogP contribution in [0.2, 0.25) is 0 Å². The Balaban J connectivity index is 1.77. The molecule has 31 heavy (non-hydrogen) atoms. The predicted octanol–water partition coefficient (Wildman–Crippen LogP) is 3.44. The van der Waals surface area contributed by atoms with Crippen molar-refractivity contribution < 1.29 is 13.9 Å². The normalized spacial score (nSPS) is 14.0. The fourth-order valence-corrected chi connectivity index (χ4v) is 3.58. The molecule has 1 N–H and O–H groups in total. The van der Waals surface area contributed by atoms with E-state index in [0.29, 0.717) is 16.7 Å². The van der Waals surface area contributed by atoms with Gasteiger partial charge in [-0.2, -0.15) is 15.5 Å². The number of hydrogen-bond donors (Lipinski definition) is 1. The van der Waals surface area contributed by atoms with Crippen LogP contribution in [0, 0.1) is 23.0 Å². The van der Waals surface area contributed by atoms with Crippen molar-refractivity contribution in [2.45, 2.75) is 25.1 Å². The summed E-state index contributed by atoms with van der Waals surface area (Å²) < 4.78 is 31.1. The lowest BCUT2D eigenvalue weighted by Crippen LogP contribution is -2.40. The van der Waals surface area contributed by atoms with Crippen molar-refractivity contribution in [3.05, 3.63) is 90.3 Å². The second kappa shape index (κ2) is 8.08. The number of nitriles is 1. The molecular weight excluding hydrogens is 402 g/mol. The lowest BCUT2D eigenvalue weighted by atomic mass is 9.86. The van der Waals surface area contributed by atoms with Gasteiger partial charge in [0.2, 0.25) is 0 Å². The molecule has 0 aliphatic rings. The number of aliphatic hydroxyl groups is 1. The second-order valence-corrected chi connectivity index (χ2v) is 7.18. The van der Waals surface area contributed by atoms with E-state index in [1.807, 2.05) is 6.07 Å². The molecule has 9 heteroatoms. The van der Waals surface area contributed by atoms with Crippen molar-refractivity contribution >= 4 is 0 Å². The first-order valence-corrected chi connectivity index (χ1v) is 9.46. The molecule has 2 aromatic heterocycles. The van der Waals surface area contributed by atoms with E-state index in [-0.39, 0.29) is 12.1 Å². The maximum atomic E-state index is 14.7. The van der Waals surface area contributed by atoms with Crippen LogP contribution >= 0.6 is 0 Å². The third-order valence-electron chi connectivity index (χ3n) is 5.32. The van der Waals surface area contributed by atoms with Crippen molar-refractivity contribution in [2.75, 3.05) is 0 Å². The van der Waals surface area contributed by atoms with Crippen LogP contribution < -0.4 is 0 Å². The third-order valence-corrected chi connectivity index (χ3v) is 5.32. The van der Waals surface area contributed by atoms with Crippen LogP contribution in [0.1, 0.15) is 24.1 Å². The summed E-state index contributed by atoms with van der Waals surface area (Å²) in [5.74, 6) is -1.62. The zero-order chi connectivity index (χ0) is 22.0. The number of aromatic nitrogens is 5. The van der Waals surface area contributed by atoms with Gasteiger partial charge in [-0.25, -0.2) is 18.4 Å². The van der Waals surface area contributed by atoms with Gasteiger partial charge in [-0.3, -0.25) is 4.68 Å². The Labute approximate surface area is 176 Å². The maximum absolute atomic E-state index is 14.7. The van der Waals surface area contributed by atoms with E-state index < -0.39 is 23.3 Å². The largest absolute Gasteiger partial charge is 0.381 e. The first-order valence-electron chi connectivity index (χ1n) is 9.46. The Morgan fingerprint density at radius 1 is 1.19 bits per heavy atom. The summed E-state index contributed by atoms with van der Waals surface area (Å²) >= 11 is 0. The quantitative estimate of drug-likeness (QED) is 0.516. The van der Waals surface area contributed by atoms with E-state index >= 15 is 0 Å². The lowest BCUT2D eigenvalue weighted by molar-refractivity contribution is -0.0368. The highest BCUT2D eigenvalue weighted by molar-refractivity contribution is 5.69. The van der Waals surface area contributed by atoms with E-state index in [9.17, 15) is 19.1 Å². The highest BCUT2D eigenvalue weighted by Gasteiger charge is 2.40.